The lowest BCUT2D eigenvalue weighted by Gasteiger charge is -2.29. The van der Waals surface area contributed by atoms with Crippen molar-refractivity contribution in [2.75, 3.05) is 0 Å². The average Bonchev–Trinajstić information content (AvgIpc) is 2.82. The molecule has 0 saturated heterocycles. The number of nitrogens with one attached hydrogen (secondary N) is 1. The summed E-state index contributed by atoms with van der Waals surface area (Å²) in [5.74, 6) is 0.0443. The van der Waals surface area contributed by atoms with E-state index in [1.54, 1.807) is 17.1 Å². The van der Waals surface area contributed by atoms with E-state index in [1.165, 1.54) is 6.42 Å². The summed E-state index contributed by atoms with van der Waals surface area (Å²) in [6.07, 6.45) is 8.11. The molecule has 0 unspecified atom stereocenters. The molecular formula is C11H19N5O. The Morgan fingerprint density at radius 1 is 1.47 bits per heavy atom. The molecule has 1 aromatic rings. The second-order valence-corrected chi connectivity index (χ2v) is 4.54. The van der Waals surface area contributed by atoms with Gasteiger partial charge in [-0.15, -0.1) is 5.10 Å². The zero-order valence-electron chi connectivity index (χ0n) is 9.88. The van der Waals surface area contributed by atoms with E-state index in [0.717, 1.165) is 19.3 Å². The lowest BCUT2D eigenvalue weighted by atomic mass is 9.91. The van der Waals surface area contributed by atoms with Gasteiger partial charge in [0.15, 0.2) is 0 Å². The second-order valence-electron chi connectivity index (χ2n) is 4.54. The molecule has 0 radical (unpaired) electrons. The van der Waals surface area contributed by atoms with Crippen molar-refractivity contribution in [1.29, 1.82) is 0 Å². The molecule has 1 aliphatic rings. The van der Waals surface area contributed by atoms with Gasteiger partial charge in [0.05, 0.1) is 12.7 Å². The van der Waals surface area contributed by atoms with Crippen LogP contribution >= 0.6 is 0 Å². The van der Waals surface area contributed by atoms with Gasteiger partial charge in [0.1, 0.15) is 0 Å². The Balaban J connectivity index is 1.73. The van der Waals surface area contributed by atoms with Crippen molar-refractivity contribution >= 4 is 5.91 Å². The van der Waals surface area contributed by atoms with E-state index in [9.17, 15) is 4.79 Å². The Labute approximate surface area is 101 Å². The maximum Gasteiger partial charge on any atom is 0.222 e. The van der Waals surface area contributed by atoms with Gasteiger partial charge in [-0.1, -0.05) is 18.1 Å². The number of nitrogens with two attached hydrogens (primary N) is 1. The molecular weight excluding hydrogens is 218 g/mol. The van der Waals surface area contributed by atoms with Crippen LogP contribution in [-0.2, 0) is 11.3 Å². The molecule has 2 rings (SSSR count). The summed E-state index contributed by atoms with van der Waals surface area (Å²) >= 11 is 0. The highest BCUT2D eigenvalue weighted by Gasteiger charge is 2.22. The normalized spacial score (nSPS) is 24.5. The quantitative estimate of drug-likeness (QED) is 0.775. The topological polar surface area (TPSA) is 85.8 Å². The molecule has 2 atom stereocenters. The number of aromatic nitrogens is 3. The van der Waals surface area contributed by atoms with Crippen LogP contribution in [0.3, 0.4) is 0 Å². The molecule has 0 aromatic carbocycles. The van der Waals surface area contributed by atoms with Gasteiger partial charge in [-0.25, -0.2) is 0 Å². The smallest absolute Gasteiger partial charge is 0.222 e. The van der Waals surface area contributed by atoms with Gasteiger partial charge >= 0.3 is 0 Å². The summed E-state index contributed by atoms with van der Waals surface area (Å²) in [7, 11) is 0. The largest absolute Gasteiger partial charge is 0.352 e. The van der Waals surface area contributed by atoms with Crippen LogP contribution in [-0.4, -0.2) is 33.0 Å². The summed E-state index contributed by atoms with van der Waals surface area (Å²) in [5, 5.41) is 10.5. The maximum atomic E-state index is 11.7. The minimum atomic E-state index is 0.0443. The Morgan fingerprint density at radius 2 is 2.29 bits per heavy atom. The van der Waals surface area contributed by atoms with Crippen LogP contribution in [0, 0.1) is 0 Å². The summed E-state index contributed by atoms with van der Waals surface area (Å²) < 4.78 is 1.65. The number of amides is 1. The summed E-state index contributed by atoms with van der Waals surface area (Å²) in [4.78, 5) is 11.7. The van der Waals surface area contributed by atoms with Gasteiger partial charge in [0.25, 0.3) is 0 Å². The van der Waals surface area contributed by atoms with Crippen LogP contribution in [0.4, 0.5) is 0 Å². The highest BCUT2D eigenvalue weighted by atomic mass is 16.1. The van der Waals surface area contributed by atoms with Crippen LogP contribution in [0.1, 0.15) is 32.1 Å². The number of hydrogen-bond donors (Lipinski definition) is 2. The van der Waals surface area contributed by atoms with Gasteiger partial charge in [-0.05, 0) is 12.8 Å². The van der Waals surface area contributed by atoms with Crippen molar-refractivity contribution in [3.8, 4) is 0 Å². The lowest BCUT2D eigenvalue weighted by Crippen LogP contribution is -2.49. The second kappa shape index (κ2) is 5.77. The Kier molecular flexibility index (Phi) is 4.08. The molecule has 0 aliphatic heterocycles. The van der Waals surface area contributed by atoms with E-state index in [2.05, 4.69) is 15.6 Å². The number of aryl methyl sites for hydroxylation is 1. The third-order valence-electron chi connectivity index (χ3n) is 3.21. The van der Waals surface area contributed by atoms with Crippen molar-refractivity contribution in [1.82, 2.24) is 20.3 Å². The van der Waals surface area contributed by atoms with Crippen LogP contribution in [0.5, 0.6) is 0 Å². The van der Waals surface area contributed by atoms with Crippen LogP contribution in [0.15, 0.2) is 12.4 Å². The fourth-order valence-electron chi connectivity index (χ4n) is 2.19. The molecule has 94 valence electrons. The summed E-state index contributed by atoms with van der Waals surface area (Å²) in [6.45, 7) is 0.563. The molecule has 1 amide bonds. The number of rotatable bonds is 4. The highest BCUT2D eigenvalue weighted by molar-refractivity contribution is 5.76. The molecule has 6 heteroatoms. The monoisotopic (exact) mass is 237 g/mol. The fraction of sp³-hybridized carbons (Fsp3) is 0.727. The molecule has 0 bridgehead atoms. The first-order chi connectivity index (χ1) is 8.25. The predicted molar refractivity (Wildman–Crippen MR) is 63.0 cm³/mol. The molecule has 1 aromatic heterocycles. The first-order valence-electron chi connectivity index (χ1n) is 6.15. The predicted octanol–water partition coefficient (Wildman–Crippen LogP) is 0.0543. The molecule has 1 saturated carbocycles. The fourth-order valence-corrected chi connectivity index (χ4v) is 2.19. The summed E-state index contributed by atoms with van der Waals surface area (Å²) in [6, 6.07) is 0.256. The van der Waals surface area contributed by atoms with Gasteiger partial charge in [-0.3, -0.25) is 9.48 Å². The SMILES string of the molecule is N[C@@H]1CCCC[C@H]1NC(=O)CCn1ccnn1. The Hall–Kier alpha value is -1.43. The van der Waals surface area contributed by atoms with E-state index < -0.39 is 0 Å². The minimum absolute atomic E-state index is 0.0443. The van der Waals surface area contributed by atoms with Crippen LogP contribution in [0.25, 0.3) is 0 Å². The van der Waals surface area contributed by atoms with Crippen molar-refractivity contribution in [2.45, 2.75) is 50.7 Å². The zero-order chi connectivity index (χ0) is 12.1. The lowest BCUT2D eigenvalue weighted by molar-refractivity contribution is -0.122. The molecule has 1 aliphatic carbocycles. The summed E-state index contributed by atoms with van der Waals surface area (Å²) in [5.41, 5.74) is 5.98. The first-order valence-corrected chi connectivity index (χ1v) is 6.15. The molecule has 17 heavy (non-hydrogen) atoms. The molecule has 3 N–H and O–H groups in total. The molecule has 0 spiro atoms. The average molecular weight is 237 g/mol. The van der Waals surface area contributed by atoms with E-state index in [4.69, 9.17) is 5.73 Å². The Bertz CT molecular complexity index is 351. The van der Waals surface area contributed by atoms with Crippen LogP contribution < -0.4 is 11.1 Å². The first kappa shape index (κ1) is 12.0. The third kappa shape index (κ3) is 3.52. The number of hydrogen-bond acceptors (Lipinski definition) is 4. The van der Waals surface area contributed by atoms with Crippen molar-refractivity contribution in [3.63, 3.8) is 0 Å². The highest BCUT2D eigenvalue weighted by Crippen LogP contribution is 2.16. The van der Waals surface area contributed by atoms with Crippen LogP contribution in [0.2, 0.25) is 0 Å². The van der Waals surface area contributed by atoms with E-state index in [0.29, 0.717) is 13.0 Å². The van der Waals surface area contributed by atoms with Crippen molar-refractivity contribution in [2.24, 2.45) is 5.73 Å². The Morgan fingerprint density at radius 3 is 3.00 bits per heavy atom. The van der Waals surface area contributed by atoms with Gasteiger partial charge in [0, 0.05) is 24.7 Å². The molecule has 1 heterocycles. The maximum absolute atomic E-state index is 11.7. The number of nitrogens with zero attached hydrogens (tertiary/aromatic N) is 3. The van der Waals surface area contributed by atoms with Gasteiger partial charge < -0.3 is 11.1 Å². The number of carbonyl (C=O) groups excluding carboxylic acids is 1. The van der Waals surface area contributed by atoms with Crippen molar-refractivity contribution in [3.05, 3.63) is 12.4 Å². The van der Waals surface area contributed by atoms with E-state index in [1.807, 2.05) is 0 Å². The van der Waals surface area contributed by atoms with Gasteiger partial charge in [-0.2, -0.15) is 0 Å². The molecule has 6 nitrogen and oxygen atoms in total. The van der Waals surface area contributed by atoms with Crippen molar-refractivity contribution < 1.29 is 4.79 Å². The third-order valence-corrected chi connectivity index (χ3v) is 3.21. The standard InChI is InChI=1S/C11H19N5O/c12-9-3-1-2-4-10(9)14-11(17)5-7-16-8-6-13-15-16/h6,8-10H,1-5,7,12H2,(H,14,17)/t9-,10-/m1/s1. The zero-order valence-corrected chi connectivity index (χ0v) is 9.88. The van der Waals surface area contributed by atoms with Gasteiger partial charge in [0.2, 0.25) is 5.91 Å². The van der Waals surface area contributed by atoms with E-state index >= 15 is 0 Å². The number of carbonyl (C=O) groups is 1. The van der Waals surface area contributed by atoms with E-state index in [-0.39, 0.29) is 18.0 Å². The molecule has 1 fully saturated rings. The minimum Gasteiger partial charge on any atom is -0.352 e.